The van der Waals surface area contributed by atoms with Crippen LogP contribution in [0.2, 0.25) is 0 Å². The van der Waals surface area contributed by atoms with E-state index in [1.54, 1.807) is 12.1 Å². The van der Waals surface area contributed by atoms with Crippen LogP contribution >= 0.6 is 34.8 Å². The minimum atomic E-state index is -1.13. The normalized spacial score (nSPS) is 15.1. The SMILES string of the molecule is Cc1cc(-n2c(C)cc(C=C3C(=O)NC(=S)N(c4cccc(C(=O)O)c4)C3=O)c2C)ccc1I. The van der Waals surface area contributed by atoms with E-state index >= 15 is 0 Å². The van der Waals surface area contributed by atoms with E-state index in [4.69, 9.17) is 12.2 Å². The quantitative estimate of drug-likeness (QED) is 0.203. The maximum atomic E-state index is 13.3. The van der Waals surface area contributed by atoms with Gasteiger partial charge in [0.2, 0.25) is 0 Å². The molecule has 1 aliphatic rings. The Balaban J connectivity index is 1.77. The molecule has 0 aliphatic carbocycles. The molecule has 2 aromatic carbocycles. The second-order valence-corrected chi connectivity index (χ2v) is 9.46. The van der Waals surface area contributed by atoms with Gasteiger partial charge in [0.25, 0.3) is 11.8 Å². The van der Waals surface area contributed by atoms with E-state index in [9.17, 15) is 19.5 Å². The zero-order chi connectivity index (χ0) is 24.7. The van der Waals surface area contributed by atoms with Gasteiger partial charge in [0, 0.05) is 20.6 Å². The van der Waals surface area contributed by atoms with Gasteiger partial charge in [-0.1, -0.05) is 6.07 Å². The van der Waals surface area contributed by atoms with Crippen molar-refractivity contribution < 1.29 is 19.5 Å². The monoisotopic (exact) mass is 585 g/mol. The summed E-state index contributed by atoms with van der Waals surface area (Å²) < 4.78 is 3.23. The highest BCUT2D eigenvalue weighted by Gasteiger charge is 2.35. The third-order valence-electron chi connectivity index (χ3n) is 5.62. The predicted molar refractivity (Wildman–Crippen MR) is 142 cm³/mol. The molecule has 2 heterocycles. The van der Waals surface area contributed by atoms with Crippen LogP contribution in [-0.2, 0) is 9.59 Å². The van der Waals surface area contributed by atoms with Crippen LogP contribution in [0.3, 0.4) is 0 Å². The van der Waals surface area contributed by atoms with Gasteiger partial charge in [0.05, 0.1) is 11.3 Å². The molecule has 1 aromatic heterocycles. The number of thiocarbonyl (C=S) groups is 1. The van der Waals surface area contributed by atoms with Gasteiger partial charge < -0.3 is 9.67 Å². The van der Waals surface area contributed by atoms with E-state index in [0.29, 0.717) is 0 Å². The van der Waals surface area contributed by atoms with Crippen molar-refractivity contribution in [2.45, 2.75) is 20.8 Å². The molecule has 2 amide bonds. The lowest BCUT2D eigenvalue weighted by atomic mass is 10.1. The van der Waals surface area contributed by atoms with Crippen LogP contribution in [0, 0.1) is 24.3 Å². The van der Waals surface area contributed by atoms with Crippen LogP contribution in [0.25, 0.3) is 11.8 Å². The molecule has 0 atom stereocenters. The number of benzene rings is 2. The number of halogens is 1. The van der Waals surface area contributed by atoms with Crippen molar-refractivity contribution in [2.24, 2.45) is 0 Å². The van der Waals surface area contributed by atoms with Crippen molar-refractivity contribution in [2.75, 3.05) is 4.90 Å². The highest BCUT2D eigenvalue weighted by atomic mass is 127. The van der Waals surface area contributed by atoms with E-state index in [-0.39, 0.29) is 21.9 Å². The minimum absolute atomic E-state index is 0.00638. The topological polar surface area (TPSA) is 91.6 Å². The van der Waals surface area contributed by atoms with E-state index in [1.807, 2.05) is 39.0 Å². The second kappa shape index (κ2) is 9.15. The molecule has 0 spiro atoms. The average molecular weight is 585 g/mol. The Morgan fingerprint density at radius 2 is 1.79 bits per heavy atom. The van der Waals surface area contributed by atoms with Gasteiger partial charge >= 0.3 is 5.97 Å². The van der Waals surface area contributed by atoms with Crippen molar-refractivity contribution >= 4 is 69.5 Å². The number of hydrogen-bond acceptors (Lipinski definition) is 4. The first kappa shape index (κ1) is 23.8. The lowest BCUT2D eigenvalue weighted by molar-refractivity contribution is -0.122. The number of carbonyl (C=O) groups is 3. The van der Waals surface area contributed by atoms with E-state index in [1.165, 1.54) is 21.8 Å². The maximum Gasteiger partial charge on any atom is 0.335 e. The van der Waals surface area contributed by atoms with Gasteiger partial charge in [-0.05, 0) is 115 Å². The molecule has 7 nitrogen and oxygen atoms in total. The number of carbonyl (C=O) groups excluding carboxylic acids is 2. The zero-order valence-corrected chi connectivity index (χ0v) is 21.5. The van der Waals surface area contributed by atoms with Crippen molar-refractivity contribution in [3.63, 3.8) is 0 Å². The fourth-order valence-electron chi connectivity index (χ4n) is 3.92. The largest absolute Gasteiger partial charge is 0.478 e. The summed E-state index contributed by atoms with van der Waals surface area (Å²) in [5.41, 5.74) is 4.87. The number of aromatic nitrogens is 1. The van der Waals surface area contributed by atoms with Crippen molar-refractivity contribution in [1.29, 1.82) is 0 Å². The summed E-state index contributed by atoms with van der Waals surface area (Å²) in [4.78, 5) is 38.6. The Morgan fingerprint density at radius 3 is 2.47 bits per heavy atom. The smallest absolute Gasteiger partial charge is 0.335 e. The predicted octanol–water partition coefficient (Wildman–Crippen LogP) is 4.54. The molecule has 1 saturated heterocycles. The molecule has 0 radical (unpaired) electrons. The molecule has 3 aromatic rings. The molecule has 1 aliphatic heterocycles. The minimum Gasteiger partial charge on any atom is -0.478 e. The number of amides is 2. The molecule has 0 saturated carbocycles. The third-order valence-corrected chi connectivity index (χ3v) is 7.12. The van der Waals surface area contributed by atoms with Gasteiger partial charge in [0.1, 0.15) is 5.57 Å². The first-order valence-corrected chi connectivity index (χ1v) is 11.8. The fraction of sp³-hybridized carbons (Fsp3) is 0.120. The molecule has 34 heavy (non-hydrogen) atoms. The summed E-state index contributed by atoms with van der Waals surface area (Å²) in [6, 6.07) is 13.9. The Kier molecular flexibility index (Phi) is 6.41. The van der Waals surface area contributed by atoms with Crippen LogP contribution in [-0.4, -0.2) is 32.6 Å². The average Bonchev–Trinajstić information content (AvgIpc) is 3.06. The number of nitrogens with one attached hydrogen (secondary N) is 1. The number of aromatic carboxylic acids is 1. The molecule has 4 rings (SSSR count). The van der Waals surface area contributed by atoms with E-state index in [0.717, 1.165) is 33.1 Å². The van der Waals surface area contributed by atoms with Crippen molar-refractivity contribution in [3.05, 3.63) is 85.8 Å². The van der Waals surface area contributed by atoms with Crippen LogP contribution in [0.4, 0.5) is 5.69 Å². The van der Waals surface area contributed by atoms with Crippen LogP contribution in [0.15, 0.2) is 54.1 Å². The number of anilines is 1. The maximum absolute atomic E-state index is 13.3. The Hall–Kier alpha value is -3.31. The molecule has 0 bridgehead atoms. The summed E-state index contributed by atoms with van der Waals surface area (Å²) in [7, 11) is 0. The molecular formula is C25H20IN3O4S. The van der Waals surface area contributed by atoms with Gasteiger partial charge in [-0.2, -0.15) is 0 Å². The van der Waals surface area contributed by atoms with Gasteiger partial charge in [-0.25, -0.2) is 4.79 Å². The number of rotatable bonds is 4. The van der Waals surface area contributed by atoms with Gasteiger partial charge in [-0.3, -0.25) is 19.8 Å². The Morgan fingerprint density at radius 1 is 1.06 bits per heavy atom. The lowest BCUT2D eigenvalue weighted by Gasteiger charge is -2.29. The number of carboxylic acid groups (broad SMARTS) is 1. The summed E-state index contributed by atoms with van der Waals surface area (Å²) in [6.45, 7) is 5.94. The standard InChI is InChI=1S/C25H20IN3O4S/c1-13-9-19(7-8-21(13)26)28-14(2)10-17(15(28)3)12-20-22(30)27-25(34)29(23(20)31)18-6-4-5-16(11-18)24(32)33/h4-12H,1-3H3,(H,32,33)(H,27,30,34). The molecule has 2 N–H and O–H groups in total. The molecule has 0 unspecified atom stereocenters. The van der Waals surface area contributed by atoms with Crippen LogP contribution in [0.1, 0.15) is 32.9 Å². The lowest BCUT2D eigenvalue weighted by Crippen LogP contribution is -2.54. The number of carboxylic acids is 1. The summed E-state index contributed by atoms with van der Waals surface area (Å²) >= 11 is 7.51. The fourth-order valence-corrected chi connectivity index (χ4v) is 4.54. The molecular weight excluding hydrogens is 565 g/mol. The van der Waals surface area contributed by atoms with Gasteiger partial charge in [0.15, 0.2) is 5.11 Å². The van der Waals surface area contributed by atoms with E-state index in [2.05, 4.69) is 38.5 Å². The molecule has 1 fully saturated rings. The zero-order valence-electron chi connectivity index (χ0n) is 18.5. The Labute approximate surface area is 215 Å². The number of aryl methyl sites for hydroxylation is 2. The highest BCUT2D eigenvalue weighted by molar-refractivity contribution is 14.1. The van der Waals surface area contributed by atoms with Crippen molar-refractivity contribution in [3.8, 4) is 5.69 Å². The molecule has 172 valence electrons. The summed E-state index contributed by atoms with van der Waals surface area (Å²) in [5.74, 6) is -2.35. The number of hydrogen-bond donors (Lipinski definition) is 2. The summed E-state index contributed by atoms with van der Waals surface area (Å²) in [5, 5.41) is 11.7. The van der Waals surface area contributed by atoms with E-state index < -0.39 is 17.8 Å². The highest BCUT2D eigenvalue weighted by Crippen LogP contribution is 2.27. The van der Waals surface area contributed by atoms with Crippen LogP contribution in [0.5, 0.6) is 0 Å². The number of nitrogens with zero attached hydrogens (tertiary/aromatic N) is 2. The Bertz CT molecular complexity index is 1420. The first-order valence-electron chi connectivity index (χ1n) is 10.3. The third kappa shape index (κ3) is 4.28. The van der Waals surface area contributed by atoms with Crippen molar-refractivity contribution in [1.82, 2.24) is 9.88 Å². The second-order valence-electron chi connectivity index (χ2n) is 7.91. The molecule has 9 heteroatoms. The van der Waals surface area contributed by atoms with Gasteiger partial charge in [-0.15, -0.1) is 0 Å². The van der Waals surface area contributed by atoms with Crippen LogP contribution < -0.4 is 10.2 Å². The summed E-state index contributed by atoms with van der Waals surface area (Å²) in [6.07, 6.45) is 1.55. The first-order chi connectivity index (χ1) is 16.1.